The standard InChI is InChI=1S/C20H24N4OS/c1-22-12-14-23(15-13-22)11-9-21-20(25)18-6-7-19(26-18)24-10-8-16-4-2-3-5-17(16)24/h2-8,10H,9,11-15H2,1H3,(H,21,25). The lowest BCUT2D eigenvalue weighted by molar-refractivity contribution is 0.0945. The van der Waals surface area contributed by atoms with E-state index >= 15 is 0 Å². The number of nitrogens with one attached hydrogen (secondary N) is 1. The monoisotopic (exact) mass is 368 g/mol. The number of para-hydroxylation sites is 1. The Morgan fingerprint density at radius 3 is 2.73 bits per heavy atom. The molecule has 26 heavy (non-hydrogen) atoms. The number of amides is 1. The second-order valence-corrected chi connectivity index (χ2v) is 7.85. The maximum Gasteiger partial charge on any atom is 0.261 e. The van der Waals surface area contributed by atoms with Crippen LogP contribution < -0.4 is 5.32 Å². The maximum atomic E-state index is 12.4. The van der Waals surface area contributed by atoms with Crippen LogP contribution in [0.2, 0.25) is 0 Å². The largest absolute Gasteiger partial charge is 0.350 e. The number of hydrogen-bond donors (Lipinski definition) is 1. The van der Waals surface area contributed by atoms with E-state index in [2.05, 4.69) is 51.1 Å². The lowest BCUT2D eigenvalue weighted by atomic mass is 10.2. The zero-order valence-electron chi connectivity index (χ0n) is 15.0. The average molecular weight is 369 g/mol. The molecule has 1 aliphatic rings. The molecule has 1 saturated heterocycles. The quantitative estimate of drug-likeness (QED) is 0.753. The Hall–Kier alpha value is -2.15. The van der Waals surface area contributed by atoms with E-state index in [0.29, 0.717) is 6.54 Å². The Morgan fingerprint density at radius 2 is 1.88 bits per heavy atom. The first-order valence-electron chi connectivity index (χ1n) is 9.06. The predicted octanol–water partition coefficient (Wildman–Crippen LogP) is 2.67. The molecule has 1 aromatic carbocycles. The highest BCUT2D eigenvalue weighted by Crippen LogP contribution is 2.26. The summed E-state index contributed by atoms with van der Waals surface area (Å²) in [7, 11) is 2.15. The molecule has 0 aliphatic carbocycles. The second-order valence-electron chi connectivity index (χ2n) is 6.78. The Labute approximate surface area is 157 Å². The molecule has 2 aromatic heterocycles. The third-order valence-electron chi connectivity index (χ3n) is 4.96. The SMILES string of the molecule is CN1CCN(CCNC(=O)c2ccc(-n3ccc4ccccc43)s2)CC1. The van der Waals surface area contributed by atoms with Crippen LogP contribution in [0.1, 0.15) is 9.67 Å². The van der Waals surface area contributed by atoms with Gasteiger partial charge >= 0.3 is 0 Å². The fourth-order valence-electron chi connectivity index (χ4n) is 3.34. The van der Waals surface area contributed by atoms with E-state index < -0.39 is 0 Å². The molecule has 136 valence electrons. The molecule has 3 heterocycles. The molecule has 0 unspecified atom stereocenters. The minimum absolute atomic E-state index is 0.0202. The summed E-state index contributed by atoms with van der Waals surface area (Å²) in [6.07, 6.45) is 2.06. The van der Waals surface area contributed by atoms with Gasteiger partial charge in [0.15, 0.2) is 0 Å². The fraction of sp³-hybridized carbons (Fsp3) is 0.350. The van der Waals surface area contributed by atoms with Gasteiger partial charge in [-0.25, -0.2) is 0 Å². The molecule has 0 spiro atoms. The van der Waals surface area contributed by atoms with Crippen LogP contribution >= 0.6 is 11.3 Å². The lowest BCUT2D eigenvalue weighted by Gasteiger charge is -2.32. The summed E-state index contributed by atoms with van der Waals surface area (Å²) in [5, 5.41) is 5.33. The smallest absolute Gasteiger partial charge is 0.261 e. The van der Waals surface area contributed by atoms with E-state index in [9.17, 15) is 4.79 Å². The minimum Gasteiger partial charge on any atom is -0.350 e. The Balaban J connectivity index is 1.36. The van der Waals surface area contributed by atoms with Crippen molar-refractivity contribution in [2.45, 2.75) is 0 Å². The number of fused-ring (bicyclic) bond motifs is 1. The molecule has 1 fully saturated rings. The zero-order chi connectivity index (χ0) is 17.9. The van der Waals surface area contributed by atoms with E-state index in [-0.39, 0.29) is 5.91 Å². The van der Waals surface area contributed by atoms with Crippen LogP contribution in [0.25, 0.3) is 15.9 Å². The number of aromatic nitrogens is 1. The van der Waals surface area contributed by atoms with E-state index in [0.717, 1.165) is 48.1 Å². The van der Waals surface area contributed by atoms with Gasteiger partial charge in [0.2, 0.25) is 0 Å². The molecule has 1 N–H and O–H groups in total. The summed E-state index contributed by atoms with van der Waals surface area (Å²) in [6, 6.07) is 14.3. The van der Waals surface area contributed by atoms with E-state index in [1.807, 2.05) is 24.3 Å². The molecule has 6 heteroatoms. The summed E-state index contributed by atoms with van der Waals surface area (Å²) in [4.78, 5) is 18.0. The highest BCUT2D eigenvalue weighted by molar-refractivity contribution is 7.16. The van der Waals surface area contributed by atoms with Crippen LogP contribution in [0.15, 0.2) is 48.7 Å². The van der Waals surface area contributed by atoms with Gasteiger partial charge in [-0.15, -0.1) is 11.3 Å². The van der Waals surface area contributed by atoms with Crippen molar-refractivity contribution >= 4 is 28.1 Å². The van der Waals surface area contributed by atoms with E-state index in [1.165, 1.54) is 16.7 Å². The molecular formula is C20H24N4OS. The number of carbonyl (C=O) groups is 1. The first-order valence-corrected chi connectivity index (χ1v) is 9.88. The molecular weight excluding hydrogens is 344 g/mol. The second kappa shape index (κ2) is 7.61. The van der Waals surface area contributed by atoms with E-state index in [1.54, 1.807) is 0 Å². The summed E-state index contributed by atoms with van der Waals surface area (Å²) in [6.45, 7) is 5.98. The van der Waals surface area contributed by atoms with Crippen molar-refractivity contribution in [2.75, 3.05) is 46.3 Å². The van der Waals surface area contributed by atoms with Gasteiger partial charge in [-0.2, -0.15) is 0 Å². The summed E-state index contributed by atoms with van der Waals surface area (Å²) in [5.74, 6) is 0.0202. The van der Waals surface area contributed by atoms with Crippen LogP contribution in [-0.4, -0.2) is 66.6 Å². The number of piperazine rings is 1. The highest BCUT2D eigenvalue weighted by Gasteiger charge is 2.15. The van der Waals surface area contributed by atoms with Gasteiger partial charge in [-0.1, -0.05) is 18.2 Å². The molecule has 0 saturated carbocycles. The lowest BCUT2D eigenvalue weighted by Crippen LogP contribution is -2.46. The van der Waals surface area contributed by atoms with Gasteiger partial charge in [0.05, 0.1) is 10.4 Å². The summed E-state index contributed by atoms with van der Waals surface area (Å²) >= 11 is 1.53. The molecule has 0 atom stereocenters. The van der Waals surface area contributed by atoms with Crippen LogP contribution in [0, 0.1) is 0 Å². The first-order chi connectivity index (χ1) is 12.7. The van der Waals surface area contributed by atoms with Gasteiger partial charge in [-0.05, 0) is 36.7 Å². The molecule has 0 radical (unpaired) electrons. The van der Waals surface area contributed by atoms with Crippen LogP contribution in [0.4, 0.5) is 0 Å². The van der Waals surface area contributed by atoms with Gasteiger partial charge in [-0.3, -0.25) is 9.69 Å². The number of thiophene rings is 1. The molecule has 4 rings (SSSR count). The summed E-state index contributed by atoms with van der Waals surface area (Å²) < 4.78 is 2.14. The molecule has 3 aromatic rings. The number of rotatable bonds is 5. The van der Waals surface area contributed by atoms with Gasteiger partial charge in [0.25, 0.3) is 5.91 Å². The number of benzene rings is 1. The summed E-state index contributed by atoms with van der Waals surface area (Å²) in [5.41, 5.74) is 1.16. The van der Waals surface area contributed by atoms with Crippen LogP contribution in [0.3, 0.4) is 0 Å². The molecule has 5 nitrogen and oxygen atoms in total. The van der Waals surface area contributed by atoms with Gasteiger partial charge in [0.1, 0.15) is 5.00 Å². The number of nitrogens with zero attached hydrogens (tertiary/aromatic N) is 3. The van der Waals surface area contributed by atoms with Crippen molar-refractivity contribution in [3.8, 4) is 5.00 Å². The molecule has 0 bridgehead atoms. The van der Waals surface area contributed by atoms with Gasteiger partial charge in [0, 0.05) is 45.5 Å². The normalized spacial score (nSPS) is 16.2. The van der Waals surface area contributed by atoms with Crippen molar-refractivity contribution in [1.29, 1.82) is 0 Å². The highest BCUT2D eigenvalue weighted by atomic mass is 32.1. The first kappa shape index (κ1) is 17.3. The third kappa shape index (κ3) is 3.67. The van der Waals surface area contributed by atoms with Crippen molar-refractivity contribution in [3.63, 3.8) is 0 Å². The number of hydrogen-bond acceptors (Lipinski definition) is 4. The molecule has 1 aliphatic heterocycles. The zero-order valence-corrected chi connectivity index (χ0v) is 15.8. The number of likely N-dealkylation sites (N-methyl/N-ethyl adjacent to an activating group) is 1. The van der Waals surface area contributed by atoms with Gasteiger partial charge < -0.3 is 14.8 Å². The van der Waals surface area contributed by atoms with E-state index in [4.69, 9.17) is 0 Å². The molecule has 1 amide bonds. The van der Waals surface area contributed by atoms with Crippen molar-refractivity contribution < 1.29 is 4.79 Å². The topological polar surface area (TPSA) is 40.5 Å². The Morgan fingerprint density at radius 1 is 1.08 bits per heavy atom. The Kier molecular flexibility index (Phi) is 5.06. The average Bonchev–Trinajstić information content (AvgIpc) is 3.30. The van der Waals surface area contributed by atoms with Crippen molar-refractivity contribution in [1.82, 2.24) is 19.7 Å². The van der Waals surface area contributed by atoms with Crippen molar-refractivity contribution in [3.05, 3.63) is 53.5 Å². The maximum absolute atomic E-state index is 12.4. The number of carbonyl (C=O) groups excluding carboxylic acids is 1. The fourth-order valence-corrected chi connectivity index (χ4v) is 4.26. The minimum atomic E-state index is 0.0202. The van der Waals surface area contributed by atoms with Crippen LogP contribution in [0.5, 0.6) is 0 Å². The Bertz CT molecular complexity index is 892. The van der Waals surface area contributed by atoms with Crippen LogP contribution in [-0.2, 0) is 0 Å². The predicted molar refractivity (Wildman–Crippen MR) is 107 cm³/mol. The third-order valence-corrected chi connectivity index (χ3v) is 6.05. The van der Waals surface area contributed by atoms with Crippen molar-refractivity contribution in [2.24, 2.45) is 0 Å².